The molecule has 3 aromatic carbocycles. The highest BCUT2D eigenvalue weighted by atomic mass is 79.9. The maximum Gasteiger partial charge on any atom is 0.335 e. The summed E-state index contributed by atoms with van der Waals surface area (Å²) in [7, 11) is 0. The highest BCUT2D eigenvalue weighted by Crippen LogP contribution is 2.36. The number of nitro groups is 1. The van der Waals surface area contributed by atoms with Crippen LogP contribution in [0.3, 0.4) is 0 Å². The Morgan fingerprint density at radius 1 is 1.08 bits per heavy atom. The van der Waals surface area contributed by atoms with Crippen molar-refractivity contribution in [1.29, 1.82) is 0 Å². The molecule has 9 nitrogen and oxygen atoms in total. The molecule has 1 fully saturated rings. The molecule has 0 radical (unpaired) electrons. The number of rotatable bonds is 6. The highest BCUT2D eigenvalue weighted by Gasteiger charge is 2.37. The standard InChI is InChI=1S/C25H16Br2ClN3O6/c1-13-7-16(5-6-19(13)26)30-24(33)18(23(32)29-25(30)34)9-15-10-20(27)22(21(28)11-15)37-12-14-3-2-4-17(8-14)31(35)36/h2-11H,12H2,1H3,(H,29,32,34)/b18-9+. The minimum Gasteiger partial charge on any atom is -0.486 e. The van der Waals surface area contributed by atoms with Crippen molar-refractivity contribution in [3.63, 3.8) is 0 Å². The van der Waals surface area contributed by atoms with Gasteiger partial charge >= 0.3 is 6.03 Å². The van der Waals surface area contributed by atoms with Gasteiger partial charge in [-0.2, -0.15) is 0 Å². The summed E-state index contributed by atoms with van der Waals surface area (Å²) < 4.78 is 6.99. The van der Waals surface area contributed by atoms with Crippen LogP contribution in [0.15, 0.2) is 69.1 Å². The number of carbonyl (C=O) groups is 3. The van der Waals surface area contributed by atoms with Gasteiger partial charge in [0.2, 0.25) is 0 Å². The lowest BCUT2D eigenvalue weighted by molar-refractivity contribution is -0.384. The van der Waals surface area contributed by atoms with E-state index in [0.29, 0.717) is 21.3 Å². The number of ether oxygens (including phenoxy) is 1. The Morgan fingerprint density at radius 3 is 2.51 bits per heavy atom. The largest absolute Gasteiger partial charge is 0.486 e. The molecule has 188 valence electrons. The SMILES string of the molecule is Cc1cc(N2C(=O)NC(=O)/C(=C\c3cc(Cl)c(OCc4cccc([N+](=O)[O-])c4)c(Br)c3)C2=O)ccc1Br. The van der Waals surface area contributed by atoms with Gasteiger partial charge in [-0.3, -0.25) is 25.0 Å². The number of urea groups is 1. The Morgan fingerprint density at radius 2 is 1.84 bits per heavy atom. The van der Waals surface area contributed by atoms with Crippen LogP contribution >= 0.6 is 43.5 Å². The highest BCUT2D eigenvalue weighted by molar-refractivity contribution is 9.10. The van der Waals surface area contributed by atoms with Gasteiger partial charge in [0.25, 0.3) is 17.5 Å². The van der Waals surface area contributed by atoms with Gasteiger partial charge in [-0.1, -0.05) is 39.7 Å². The molecule has 0 spiro atoms. The van der Waals surface area contributed by atoms with Crippen LogP contribution in [0.2, 0.25) is 5.02 Å². The van der Waals surface area contributed by atoms with E-state index in [4.69, 9.17) is 16.3 Å². The molecule has 1 saturated heterocycles. The summed E-state index contributed by atoms with van der Waals surface area (Å²) in [5.74, 6) is -1.34. The van der Waals surface area contributed by atoms with Crippen LogP contribution in [-0.4, -0.2) is 22.8 Å². The molecule has 1 heterocycles. The monoisotopic (exact) mass is 647 g/mol. The predicted molar refractivity (Wildman–Crippen MR) is 144 cm³/mol. The zero-order valence-corrected chi connectivity index (χ0v) is 22.9. The molecule has 4 rings (SSSR count). The second-order valence-electron chi connectivity index (χ2n) is 7.92. The average Bonchev–Trinajstić information content (AvgIpc) is 2.83. The normalized spacial score (nSPS) is 14.6. The number of imide groups is 2. The molecule has 0 atom stereocenters. The van der Waals surface area contributed by atoms with Crippen molar-refractivity contribution >= 4 is 78.8 Å². The zero-order chi connectivity index (χ0) is 26.9. The van der Waals surface area contributed by atoms with Gasteiger partial charge in [0.05, 0.1) is 20.1 Å². The molecule has 37 heavy (non-hydrogen) atoms. The molecule has 1 aliphatic heterocycles. The van der Waals surface area contributed by atoms with E-state index in [1.807, 2.05) is 6.92 Å². The van der Waals surface area contributed by atoms with E-state index >= 15 is 0 Å². The van der Waals surface area contributed by atoms with Gasteiger partial charge in [0.15, 0.2) is 5.75 Å². The molecule has 0 aromatic heterocycles. The molecule has 3 aromatic rings. The summed E-state index contributed by atoms with van der Waals surface area (Å²) in [5, 5.41) is 13.3. The second-order valence-corrected chi connectivity index (χ2v) is 10.0. The molecular weight excluding hydrogens is 634 g/mol. The van der Waals surface area contributed by atoms with Gasteiger partial charge in [-0.15, -0.1) is 0 Å². The van der Waals surface area contributed by atoms with Gasteiger partial charge < -0.3 is 4.74 Å². The average molecular weight is 650 g/mol. The maximum atomic E-state index is 13.2. The number of barbiturate groups is 1. The summed E-state index contributed by atoms with van der Waals surface area (Å²) in [6.07, 6.45) is 1.32. The van der Waals surface area contributed by atoms with Gasteiger partial charge in [-0.25, -0.2) is 9.69 Å². The number of hydrogen-bond acceptors (Lipinski definition) is 6. The number of hydrogen-bond donors (Lipinski definition) is 1. The number of halogens is 3. The third-order valence-corrected chi connectivity index (χ3v) is 7.10. The molecule has 4 amide bonds. The first-order chi connectivity index (χ1) is 17.5. The van der Waals surface area contributed by atoms with Crippen LogP contribution < -0.4 is 15.0 Å². The summed E-state index contributed by atoms with van der Waals surface area (Å²) in [6, 6.07) is 13.2. The van der Waals surface area contributed by atoms with Crippen molar-refractivity contribution in [3.8, 4) is 5.75 Å². The van der Waals surface area contributed by atoms with E-state index < -0.39 is 22.8 Å². The number of benzene rings is 3. The molecule has 0 bridgehead atoms. The Balaban J connectivity index is 1.60. The van der Waals surface area contributed by atoms with Crippen LogP contribution in [0.1, 0.15) is 16.7 Å². The lowest BCUT2D eigenvalue weighted by Gasteiger charge is -2.26. The Bertz CT molecular complexity index is 1480. The smallest absolute Gasteiger partial charge is 0.335 e. The second kappa shape index (κ2) is 10.8. The van der Waals surface area contributed by atoms with Gasteiger partial charge in [0.1, 0.15) is 12.2 Å². The molecule has 1 aliphatic rings. The van der Waals surface area contributed by atoms with E-state index in [1.54, 1.807) is 36.4 Å². The number of aryl methyl sites for hydroxylation is 1. The molecule has 0 saturated carbocycles. The van der Waals surface area contributed by atoms with Crippen molar-refractivity contribution < 1.29 is 24.0 Å². The summed E-state index contributed by atoms with van der Waals surface area (Å²) in [4.78, 5) is 49.5. The van der Waals surface area contributed by atoms with Crippen LogP contribution in [-0.2, 0) is 16.2 Å². The summed E-state index contributed by atoms with van der Waals surface area (Å²) in [5.41, 5.74) is 1.77. The molecule has 0 aliphatic carbocycles. The van der Waals surface area contributed by atoms with Crippen LogP contribution in [0.4, 0.5) is 16.2 Å². The molecule has 1 N–H and O–H groups in total. The predicted octanol–water partition coefficient (Wildman–Crippen LogP) is 6.33. The van der Waals surface area contributed by atoms with Crippen LogP contribution in [0.5, 0.6) is 5.75 Å². The lowest BCUT2D eigenvalue weighted by Crippen LogP contribution is -2.54. The molecular formula is C25H16Br2ClN3O6. The Kier molecular flexibility index (Phi) is 7.76. The minimum absolute atomic E-state index is 0.0189. The van der Waals surface area contributed by atoms with E-state index in [9.17, 15) is 24.5 Å². The maximum absolute atomic E-state index is 13.2. The van der Waals surface area contributed by atoms with Crippen molar-refractivity contribution in [1.82, 2.24) is 5.32 Å². The van der Waals surface area contributed by atoms with E-state index in [0.717, 1.165) is 14.9 Å². The third kappa shape index (κ3) is 5.74. The van der Waals surface area contributed by atoms with Gasteiger partial charge in [-0.05, 0) is 76.0 Å². The third-order valence-electron chi connectivity index (χ3n) is 5.34. The van der Waals surface area contributed by atoms with E-state index in [-0.39, 0.29) is 28.6 Å². The van der Waals surface area contributed by atoms with Crippen molar-refractivity contribution in [3.05, 3.63) is 101 Å². The zero-order valence-electron chi connectivity index (χ0n) is 19.0. The van der Waals surface area contributed by atoms with Crippen molar-refractivity contribution in [2.24, 2.45) is 0 Å². The topological polar surface area (TPSA) is 119 Å². The Labute approximate surface area is 232 Å². The number of nitrogens with zero attached hydrogens (tertiary/aromatic N) is 2. The number of nitro benzene ring substituents is 1. The number of nitrogens with one attached hydrogen (secondary N) is 1. The van der Waals surface area contributed by atoms with Crippen LogP contribution in [0, 0.1) is 17.0 Å². The number of amides is 4. The van der Waals surface area contributed by atoms with Crippen LogP contribution in [0.25, 0.3) is 6.08 Å². The minimum atomic E-state index is -0.849. The van der Waals surface area contributed by atoms with E-state index in [2.05, 4.69) is 37.2 Å². The quantitative estimate of drug-likeness (QED) is 0.144. The molecule has 0 unspecified atom stereocenters. The first-order valence-corrected chi connectivity index (χ1v) is 12.5. The lowest BCUT2D eigenvalue weighted by atomic mass is 10.1. The summed E-state index contributed by atoms with van der Waals surface area (Å²) in [6.45, 7) is 1.83. The fourth-order valence-corrected chi connectivity index (χ4v) is 4.78. The number of carbonyl (C=O) groups excluding carboxylic acids is 3. The first-order valence-electron chi connectivity index (χ1n) is 10.6. The van der Waals surface area contributed by atoms with Crippen molar-refractivity contribution in [2.75, 3.05) is 4.90 Å². The summed E-state index contributed by atoms with van der Waals surface area (Å²) >= 11 is 13.2. The number of non-ortho nitro benzene ring substituents is 1. The Hall–Kier alpha value is -3.54. The fourth-order valence-electron chi connectivity index (χ4n) is 3.54. The fraction of sp³-hybridized carbons (Fsp3) is 0.0800. The first kappa shape index (κ1) is 26.5. The van der Waals surface area contributed by atoms with Crippen molar-refractivity contribution in [2.45, 2.75) is 13.5 Å². The number of anilines is 1. The van der Waals surface area contributed by atoms with Gasteiger partial charge in [0, 0.05) is 16.6 Å². The molecule has 12 heteroatoms. The van der Waals surface area contributed by atoms with E-state index in [1.165, 1.54) is 24.3 Å².